The number of pyridine rings is 1. The van der Waals surface area contributed by atoms with E-state index in [0.29, 0.717) is 19.0 Å². The van der Waals surface area contributed by atoms with Crippen molar-refractivity contribution in [2.45, 2.75) is 19.4 Å². The molecule has 0 unspecified atom stereocenters. The van der Waals surface area contributed by atoms with Crippen LogP contribution < -0.4 is 10.6 Å². The second kappa shape index (κ2) is 6.97. The molecule has 1 aliphatic rings. The molecule has 1 atom stereocenters. The van der Waals surface area contributed by atoms with Crippen LogP contribution in [0.3, 0.4) is 0 Å². The van der Waals surface area contributed by atoms with Crippen LogP contribution in [-0.2, 0) is 11.8 Å². The molecule has 0 aliphatic carbocycles. The van der Waals surface area contributed by atoms with Gasteiger partial charge in [-0.1, -0.05) is 6.07 Å². The molecule has 1 saturated heterocycles. The van der Waals surface area contributed by atoms with E-state index < -0.39 is 0 Å². The van der Waals surface area contributed by atoms with E-state index in [9.17, 15) is 0 Å². The van der Waals surface area contributed by atoms with Crippen LogP contribution in [0.25, 0.3) is 22.6 Å². The number of nitrogens with zero attached hydrogens (tertiary/aromatic N) is 6. The smallest absolute Gasteiger partial charge is 0.182 e. The Labute approximate surface area is 152 Å². The minimum absolute atomic E-state index is 0.119. The summed E-state index contributed by atoms with van der Waals surface area (Å²) >= 11 is 0. The van der Waals surface area contributed by atoms with Gasteiger partial charge < -0.3 is 15.4 Å². The highest BCUT2D eigenvalue weighted by atomic mass is 16.5. The van der Waals surface area contributed by atoms with Gasteiger partial charge in [0.1, 0.15) is 11.5 Å². The molecule has 1 fully saturated rings. The fraction of sp³-hybridized carbons (Fsp3) is 0.444. The van der Waals surface area contributed by atoms with E-state index in [1.165, 1.54) is 0 Å². The van der Waals surface area contributed by atoms with Crippen molar-refractivity contribution in [3.63, 3.8) is 0 Å². The largest absolute Gasteiger partial charge is 0.374 e. The zero-order valence-corrected chi connectivity index (χ0v) is 15.1. The lowest BCUT2D eigenvalue weighted by Crippen LogP contribution is -2.43. The van der Waals surface area contributed by atoms with E-state index in [4.69, 9.17) is 20.4 Å². The summed E-state index contributed by atoms with van der Waals surface area (Å²) in [5.74, 6) is 1.50. The van der Waals surface area contributed by atoms with Crippen LogP contribution in [0.5, 0.6) is 0 Å². The standard InChI is InChI=1S/C18H23N7O/c1-12-15-17(24(2)23-12)21-16(14-5-3-4-8-20-14)22-18(15)25-9-10-26-13(11-25)6-7-19/h3-5,8,13H,6-7,9-11,19H2,1-2H3/t13-/m0/s1. The Bertz CT molecular complexity index is 907. The summed E-state index contributed by atoms with van der Waals surface area (Å²) in [6.45, 7) is 4.81. The summed E-state index contributed by atoms with van der Waals surface area (Å²) in [4.78, 5) is 16.3. The number of ether oxygens (including phenoxy) is 1. The number of hydrogen-bond donors (Lipinski definition) is 1. The van der Waals surface area contributed by atoms with Crippen molar-refractivity contribution < 1.29 is 4.74 Å². The van der Waals surface area contributed by atoms with E-state index in [1.54, 1.807) is 10.9 Å². The molecular weight excluding hydrogens is 330 g/mol. The monoisotopic (exact) mass is 353 g/mol. The second-order valence-electron chi connectivity index (χ2n) is 6.51. The minimum Gasteiger partial charge on any atom is -0.374 e. The van der Waals surface area contributed by atoms with Crippen LogP contribution in [0.2, 0.25) is 0 Å². The number of hydrogen-bond acceptors (Lipinski definition) is 7. The van der Waals surface area contributed by atoms with Gasteiger partial charge >= 0.3 is 0 Å². The lowest BCUT2D eigenvalue weighted by Gasteiger charge is -2.34. The van der Waals surface area contributed by atoms with Gasteiger partial charge in [0.05, 0.1) is 23.8 Å². The molecule has 8 nitrogen and oxygen atoms in total. The quantitative estimate of drug-likeness (QED) is 0.755. The summed E-state index contributed by atoms with van der Waals surface area (Å²) in [6, 6.07) is 5.75. The third-order valence-corrected chi connectivity index (χ3v) is 4.66. The highest BCUT2D eigenvalue weighted by Crippen LogP contribution is 2.30. The molecule has 0 aromatic carbocycles. The Morgan fingerprint density at radius 3 is 2.96 bits per heavy atom. The first kappa shape index (κ1) is 16.9. The molecule has 3 aromatic rings. The van der Waals surface area contributed by atoms with Gasteiger partial charge in [0.2, 0.25) is 0 Å². The zero-order chi connectivity index (χ0) is 18.1. The number of fused-ring (bicyclic) bond motifs is 1. The van der Waals surface area contributed by atoms with Crippen LogP contribution >= 0.6 is 0 Å². The maximum Gasteiger partial charge on any atom is 0.182 e. The molecule has 0 saturated carbocycles. The zero-order valence-electron chi connectivity index (χ0n) is 15.1. The van der Waals surface area contributed by atoms with Gasteiger partial charge in [0, 0.05) is 26.3 Å². The highest BCUT2D eigenvalue weighted by Gasteiger charge is 2.26. The summed E-state index contributed by atoms with van der Waals surface area (Å²) in [6.07, 6.45) is 2.71. The van der Waals surface area contributed by atoms with Gasteiger partial charge in [0.25, 0.3) is 0 Å². The predicted molar refractivity (Wildman–Crippen MR) is 99.9 cm³/mol. The van der Waals surface area contributed by atoms with E-state index >= 15 is 0 Å². The third-order valence-electron chi connectivity index (χ3n) is 4.66. The molecule has 2 N–H and O–H groups in total. The van der Waals surface area contributed by atoms with Gasteiger partial charge in [0.15, 0.2) is 11.5 Å². The van der Waals surface area contributed by atoms with Gasteiger partial charge in [-0.2, -0.15) is 5.10 Å². The molecule has 8 heteroatoms. The van der Waals surface area contributed by atoms with Crippen LogP contribution in [0, 0.1) is 6.92 Å². The predicted octanol–water partition coefficient (Wildman–Crippen LogP) is 1.29. The van der Waals surface area contributed by atoms with E-state index in [2.05, 4.69) is 15.0 Å². The summed E-state index contributed by atoms with van der Waals surface area (Å²) in [7, 11) is 1.91. The number of nitrogens with two attached hydrogens (primary N) is 1. The molecule has 4 rings (SSSR count). The molecule has 136 valence electrons. The van der Waals surface area contributed by atoms with E-state index in [0.717, 1.165) is 47.7 Å². The van der Waals surface area contributed by atoms with Gasteiger partial charge in [-0.25, -0.2) is 9.97 Å². The average Bonchev–Trinajstić information content (AvgIpc) is 2.96. The van der Waals surface area contributed by atoms with E-state index in [1.807, 2.05) is 32.2 Å². The van der Waals surface area contributed by atoms with Gasteiger partial charge in [-0.3, -0.25) is 9.67 Å². The lowest BCUT2D eigenvalue weighted by atomic mass is 10.2. The SMILES string of the molecule is Cc1nn(C)c2nc(-c3ccccn3)nc(N3CCO[C@@H](CCN)C3)c12. The van der Waals surface area contributed by atoms with Crippen molar-refractivity contribution in [1.82, 2.24) is 24.7 Å². The first-order valence-corrected chi connectivity index (χ1v) is 8.86. The first-order chi connectivity index (χ1) is 12.7. The Balaban J connectivity index is 1.84. The molecule has 4 heterocycles. The molecule has 0 bridgehead atoms. The number of morpholine rings is 1. The molecular formula is C18H23N7O. The van der Waals surface area contributed by atoms with Crippen LogP contribution in [-0.4, -0.2) is 57.1 Å². The summed E-state index contributed by atoms with van der Waals surface area (Å²) in [5.41, 5.74) is 8.20. The number of aromatic nitrogens is 5. The topological polar surface area (TPSA) is 95.0 Å². The summed E-state index contributed by atoms with van der Waals surface area (Å²) in [5, 5.41) is 5.54. The lowest BCUT2D eigenvalue weighted by molar-refractivity contribution is 0.0367. The summed E-state index contributed by atoms with van der Waals surface area (Å²) < 4.78 is 7.64. The van der Waals surface area contributed by atoms with Crippen LogP contribution in [0.1, 0.15) is 12.1 Å². The van der Waals surface area contributed by atoms with Gasteiger partial charge in [-0.05, 0) is 32.0 Å². The van der Waals surface area contributed by atoms with Crippen LogP contribution in [0.4, 0.5) is 5.82 Å². The van der Waals surface area contributed by atoms with Crippen molar-refractivity contribution in [3.05, 3.63) is 30.1 Å². The second-order valence-corrected chi connectivity index (χ2v) is 6.51. The maximum atomic E-state index is 5.83. The molecule has 0 amide bonds. The number of anilines is 1. The van der Waals surface area contributed by atoms with Crippen molar-refractivity contribution in [1.29, 1.82) is 0 Å². The fourth-order valence-corrected chi connectivity index (χ4v) is 3.43. The van der Waals surface area contributed by atoms with Crippen LogP contribution in [0.15, 0.2) is 24.4 Å². The normalized spacial score (nSPS) is 17.8. The molecule has 3 aromatic heterocycles. The Kier molecular flexibility index (Phi) is 4.52. The highest BCUT2D eigenvalue weighted by molar-refractivity contribution is 5.91. The van der Waals surface area contributed by atoms with Crippen molar-refractivity contribution >= 4 is 16.9 Å². The molecule has 26 heavy (non-hydrogen) atoms. The average molecular weight is 353 g/mol. The number of rotatable bonds is 4. The molecule has 0 radical (unpaired) electrons. The minimum atomic E-state index is 0.119. The Hall–Kier alpha value is -2.58. The van der Waals surface area contributed by atoms with Crippen molar-refractivity contribution in [3.8, 4) is 11.5 Å². The first-order valence-electron chi connectivity index (χ1n) is 8.86. The maximum absolute atomic E-state index is 5.83. The van der Waals surface area contributed by atoms with E-state index in [-0.39, 0.29) is 6.10 Å². The number of aryl methyl sites for hydroxylation is 2. The van der Waals surface area contributed by atoms with Crippen molar-refractivity contribution in [2.75, 3.05) is 31.1 Å². The molecule has 1 aliphatic heterocycles. The fourth-order valence-electron chi connectivity index (χ4n) is 3.43. The van der Waals surface area contributed by atoms with Crippen molar-refractivity contribution in [2.24, 2.45) is 12.8 Å². The molecule has 0 spiro atoms. The third kappa shape index (κ3) is 3.02. The van der Waals surface area contributed by atoms with Gasteiger partial charge in [-0.15, -0.1) is 0 Å². The Morgan fingerprint density at radius 1 is 1.31 bits per heavy atom. The Morgan fingerprint density at radius 2 is 2.19 bits per heavy atom.